The Morgan fingerprint density at radius 3 is 2.50 bits per heavy atom. The molecule has 0 saturated heterocycles. The van der Waals surface area contributed by atoms with Crippen LogP contribution in [0.25, 0.3) is 0 Å². The molecule has 1 aromatic rings. The van der Waals surface area contributed by atoms with Crippen molar-refractivity contribution in [1.82, 2.24) is 20.1 Å². The van der Waals surface area contributed by atoms with Crippen molar-refractivity contribution >= 4 is 11.8 Å². The van der Waals surface area contributed by atoms with Gasteiger partial charge in [0.15, 0.2) is 5.16 Å². The number of aromatic nitrogens is 3. The highest BCUT2D eigenvalue weighted by Crippen LogP contribution is 2.18. The van der Waals surface area contributed by atoms with E-state index in [4.69, 9.17) is 0 Å². The molecule has 1 atom stereocenters. The molecular formula is C11H22N4S. The van der Waals surface area contributed by atoms with Crippen molar-refractivity contribution in [2.45, 2.75) is 38.9 Å². The number of nitrogens with zero attached hydrogens (tertiary/aromatic N) is 3. The maximum absolute atomic E-state index is 4.14. The first-order valence-corrected chi connectivity index (χ1v) is 6.71. The van der Waals surface area contributed by atoms with Crippen molar-refractivity contribution < 1.29 is 0 Å². The average molecular weight is 242 g/mol. The minimum atomic E-state index is 0.560. The second-order valence-corrected chi connectivity index (χ2v) is 5.56. The van der Waals surface area contributed by atoms with Gasteiger partial charge in [-0.2, -0.15) is 0 Å². The molecule has 1 heterocycles. The SMILES string of the molecule is Cc1nnc(SCC(C)CNC(C)C)n1C. The van der Waals surface area contributed by atoms with Crippen molar-refractivity contribution in [3.63, 3.8) is 0 Å². The molecule has 0 aliphatic heterocycles. The summed E-state index contributed by atoms with van der Waals surface area (Å²) in [5, 5.41) is 12.6. The van der Waals surface area contributed by atoms with Crippen LogP contribution in [-0.2, 0) is 7.05 Å². The lowest BCUT2D eigenvalue weighted by atomic mass is 10.2. The lowest BCUT2D eigenvalue weighted by Gasteiger charge is -2.14. The van der Waals surface area contributed by atoms with Gasteiger partial charge < -0.3 is 9.88 Å². The minimum Gasteiger partial charge on any atom is -0.314 e. The monoisotopic (exact) mass is 242 g/mol. The lowest BCUT2D eigenvalue weighted by molar-refractivity contribution is 0.509. The van der Waals surface area contributed by atoms with Gasteiger partial charge in [0, 0.05) is 18.8 Å². The van der Waals surface area contributed by atoms with E-state index in [1.807, 2.05) is 18.5 Å². The molecule has 0 bridgehead atoms. The number of thioether (sulfide) groups is 1. The fraction of sp³-hybridized carbons (Fsp3) is 0.818. The van der Waals surface area contributed by atoms with Crippen LogP contribution >= 0.6 is 11.8 Å². The van der Waals surface area contributed by atoms with Crippen LogP contribution < -0.4 is 5.32 Å². The summed E-state index contributed by atoms with van der Waals surface area (Å²) in [6, 6.07) is 0.560. The van der Waals surface area contributed by atoms with Crippen LogP contribution in [0.4, 0.5) is 0 Å². The highest BCUT2D eigenvalue weighted by molar-refractivity contribution is 7.99. The Balaban J connectivity index is 2.31. The first-order valence-electron chi connectivity index (χ1n) is 5.73. The van der Waals surface area contributed by atoms with Gasteiger partial charge in [0.05, 0.1) is 0 Å². The minimum absolute atomic E-state index is 0.560. The van der Waals surface area contributed by atoms with Crippen LogP contribution in [0.5, 0.6) is 0 Å². The molecule has 0 aliphatic carbocycles. The van der Waals surface area contributed by atoms with Crippen molar-refractivity contribution in [3.8, 4) is 0 Å². The second-order valence-electron chi connectivity index (χ2n) is 4.57. The zero-order chi connectivity index (χ0) is 12.1. The number of nitrogens with one attached hydrogen (secondary N) is 1. The van der Waals surface area contributed by atoms with Crippen LogP contribution in [0.15, 0.2) is 5.16 Å². The summed E-state index contributed by atoms with van der Waals surface area (Å²) in [4.78, 5) is 0. The second kappa shape index (κ2) is 6.25. The fourth-order valence-electron chi connectivity index (χ4n) is 1.23. The standard InChI is InChI=1S/C11H22N4S/c1-8(2)12-6-9(3)7-16-11-14-13-10(4)15(11)5/h8-9,12H,6-7H2,1-5H3. The van der Waals surface area contributed by atoms with Gasteiger partial charge in [0.1, 0.15) is 5.82 Å². The quantitative estimate of drug-likeness (QED) is 0.773. The van der Waals surface area contributed by atoms with Crippen LogP contribution in [0.2, 0.25) is 0 Å². The van der Waals surface area contributed by atoms with Crippen molar-refractivity contribution in [3.05, 3.63) is 5.82 Å². The number of aryl methyl sites for hydroxylation is 1. The van der Waals surface area contributed by atoms with Crippen LogP contribution in [0.3, 0.4) is 0 Å². The number of hydrogen-bond acceptors (Lipinski definition) is 4. The van der Waals surface area contributed by atoms with Crippen molar-refractivity contribution in [1.29, 1.82) is 0 Å². The van der Waals surface area contributed by atoms with E-state index in [-0.39, 0.29) is 0 Å². The van der Waals surface area contributed by atoms with E-state index in [9.17, 15) is 0 Å². The number of rotatable bonds is 6. The molecule has 5 heteroatoms. The van der Waals surface area contributed by atoms with E-state index < -0.39 is 0 Å². The van der Waals surface area contributed by atoms with Gasteiger partial charge in [0.2, 0.25) is 0 Å². The third-order valence-corrected chi connectivity index (χ3v) is 3.77. The predicted molar refractivity (Wildman–Crippen MR) is 68.8 cm³/mol. The summed E-state index contributed by atoms with van der Waals surface area (Å²) in [5.41, 5.74) is 0. The normalized spacial score (nSPS) is 13.4. The van der Waals surface area contributed by atoms with Crippen LogP contribution in [0.1, 0.15) is 26.6 Å². The van der Waals surface area contributed by atoms with Crippen molar-refractivity contribution in [2.24, 2.45) is 13.0 Å². The smallest absolute Gasteiger partial charge is 0.190 e. The third-order valence-electron chi connectivity index (χ3n) is 2.42. The Morgan fingerprint density at radius 2 is 2.00 bits per heavy atom. The first-order chi connectivity index (χ1) is 7.50. The average Bonchev–Trinajstić information content (AvgIpc) is 2.54. The van der Waals surface area contributed by atoms with Gasteiger partial charge in [-0.05, 0) is 19.4 Å². The fourth-order valence-corrected chi connectivity index (χ4v) is 2.20. The summed E-state index contributed by atoms with van der Waals surface area (Å²) in [7, 11) is 2.01. The zero-order valence-electron chi connectivity index (χ0n) is 10.8. The molecular weight excluding hydrogens is 220 g/mol. The molecule has 0 spiro atoms. The molecule has 0 saturated carbocycles. The van der Waals surface area contributed by atoms with Crippen LogP contribution in [0, 0.1) is 12.8 Å². The van der Waals surface area contributed by atoms with E-state index in [0.29, 0.717) is 12.0 Å². The van der Waals surface area contributed by atoms with Gasteiger partial charge in [-0.1, -0.05) is 32.5 Å². The highest BCUT2D eigenvalue weighted by atomic mass is 32.2. The van der Waals surface area contributed by atoms with E-state index in [2.05, 4.69) is 36.3 Å². The molecule has 16 heavy (non-hydrogen) atoms. The number of hydrogen-bond donors (Lipinski definition) is 1. The first kappa shape index (κ1) is 13.5. The third kappa shape index (κ3) is 4.14. The molecule has 0 aromatic carbocycles. The molecule has 1 rings (SSSR count). The highest BCUT2D eigenvalue weighted by Gasteiger charge is 2.08. The maximum atomic E-state index is 4.14. The van der Waals surface area contributed by atoms with E-state index in [1.165, 1.54) is 0 Å². The molecule has 1 aromatic heterocycles. The molecule has 0 radical (unpaired) electrons. The van der Waals surface area contributed by atoms with Gasteiger partial charge in [-0.3, -0.25) is 0 Å². The van der Waals surface area contributed by atoms with Crippen molar-refractivity contribution in [2.75, 3.05) is 12.3 Å². The molecule has 92 valence electrons. The zero-order valence-corrected chi connectivity index (χ0v) is 11.6. The van der Waals surface area contributed by atoms with Gasteiger partial charge in [-0.15, -0.1) is 10.2 Å². The summed E-state index contributed by atoms with van der Waals surface area (Å²) in [6.07, 6.45) is 0. The molecule has 1 unspecified atom stereocenters. The summed E-state index contributed by atoms with van der Waals surface area (Å²) in [5.74, 6) is 2.69. The molecule has 0 fully saturated rings. The summed E-state index contributed by atoms with van der Waals surface area (Å²) in [6.45, 7) is 9.63. The predicted octanol–water partition coefficient (Wildman–Crippen LogP) is 1.85. The van der Waals surface area contributed by atoms with E-state index >= 15 is 0 Å². The largest absolute Gasteiger partial charge is 0.314 e. The van der Waals surface area contributed by atoms with Crippen LogP contribution in [-0.4, -0.2) is 33.1 Å². The van der Waals surface area contributed by atoms with E-state index in [0.717, 1.165) is 23.3 Å². The lowest BCUT2D eigenvalue weighted by Crippen LogP contribution is -2.28. The molecule has 1 N–H and O–H groups in total. The maximum Gasteiger partial charge on any atom is 0.190 e. The van der Waals surface area contributed by atoms with Gasteiger partial charge in [-0.25, -0.2) is 0 Å². The Labute approximate surface area is 102 Å². The Morgan fingerprint density at radius 1 is 1.31 bits per heavy atom. The Hall–Kier alpha value is -0.550. The summed E-state index contributed by atoms with van der Waals surface area (Å²) >= 11 is 1.78. The molecule has 0 amide bonds. The topological polar surface area (TPSA) is 42.7 Å². The molecule has 4 nitrogen and oxygen atoms in total. The van der Waals surface area contributed by atoms with E-state index in [1.54, 1.807) is 11.8 Å². The molecule has 0 aliphatic rings. The Kier molecular flexibility index (Phi) is 5.28. The van der Waals surface area contributed by atoms with Gasteiger partial charge >= 0.3 is 0 Å². The Bertz CT molecular complexity index is 322. The summed E-state index contributed by atoms with van der Waals surface area (Å²) < 4.78 is 2.03. The van der Waals surface area contributed by atoms with Gasteiger partial charge in [0.25, 0.3) is 0 Å².